The van der Waals surface area contributed by atoms with Gasteiger partial charge in [0.1, 0.15) is 11.3 Å². The SMILES string of the molecule is Cc1ccn2c(C(=O)N3C[C@@H](CN4CCN(C)CC4)[C@@H](CO)C3)c(C)nc2c1. The van der Waals surface area contributed by atoms with Crippen LogP contribution in [0.2, 0.25) is 0 Å². The fourth-order valence-corrected chi connectivity index (χ4v) is 4.55. The summed E-state index contributed by atoms with van der Waals surface area (Å²) in [7, 11) is 2.16. The number of fused-ring (bicyclic) bond motifs is 1. The van der Waals surface area contributed by atoms with E-state index in [-0.39, 0.29) is 18.4 Å². The maximum Gasteiger partial charge on any atom is 0.272 e. The number of amides is 1. The van der Waals surface area contributed by atoms with Crippen LogP contribution in [0.15, 0.2) is 18.3 Å². The second-order valence-electron chi connectivity index (χ2n) is 8.49. The monoisotopic (exact) mass is 385 g/mol. The number of likely N-dealkylation sites (N-methyl/N-ethyl adjacent to an activating group) is 1. The smallest absolute Gasteiger partial charge is 0.272 e. The van der Waals surface area contributed by atoms with E-state index in [1.807, 2.05) is 41.5 Å². The summed E-state index contributed by atoms with van der Waals surface area (Å²) >= 11 is 0. The molecule has 2 fully saturated rings. The number of carbonyl (C=O) groups is 1. The van der Waals surface area contributed by atoms with Gasteiger partial charge in [-0.25, -0.2) is 4.98 Å². The number of aromatic nitrogens is 2. The number of carbonyl (C=O) groups excluding carboxylic acids is 1. The number of nitrogens with zero attached hydrogens (tertiary/aromatic N) is 5. The van der Waals surface area contributed by atoms with Crippen molar-refractivity contribution in [3.63, 3.8) is 0 Å². The van der Waals surface area contributed by atoms with Crippen LogP contribution in [-0.4, -0.2) is 94.6 Å². The van der Waals surface area contributed by atoms with Gasteiger partial charge in [-0.2, -0.15) is 0 Å². The van der Waals surface area contributed by atoms with Crippen molar-refractivity contribution in [2.24, 2.45) is 11.8 Å². The fraction of sp³-hybridized carbons (Fsp3) is 0.619. The molecule has 0 aromatic carbocycles. The zero-order valence-corrected chi connectivity index (χ0v) is 17.1. The van der Waals surface area contributed by atoms with Gasteiger partial charge in [-0.15, -0.1) is 0 Å². The second kappa shape index (κ2) is 7.81. The third-order valence-electron chi connectivity index (χ3n) is 6.35. The molecule has 2 aliphatic heterocycles. The average Bonchev–Trinajstić information content (AvgIpc) is 3.22. The Morgan fingerprint density at radius 2 is 1.89 bits per heavy atom. The third kappa shape index (κ3) is 3.66. The molecule has 152 valence electrons. The summed E-state index contributed by atoms with van der Waals surface area (Å²) in [6, 6.07) is 4.00. The maximum absolute atomic E-state index is 13.3. The van der Waals surface area contributed by atoms with Gasteiger partial charge in [0.15, 0.2) is 0 Å². The van der Waals surface area contributed by atoms with Crippen molar-refractivity contribution < 1.29 is 9.90 Å². The lowest BCUT2D eigenvalue weighted by atomic mass is 9.96. The van der Waals surface area contributed by atoms with Crippen molar-refractivity contribution in [1.29, 1.82) is 0 Å². The minimum Gasteiger partial charge on any atom is -0.396 e. The summed E-state index contributed by atoms with van der Waals surface area (Å²) in [5.74, 6) is 0.484. The summed E-state index contributed by atoms with van der Waals surface area (Å²) in [5.41, 5.74) is 3.35. The molecule has 0 unspecified atom stereocenters. The van der Waals surface area contributed by atoms with Gasteiger partial charge in [-0.05, 0) is 44.5 Å². The molecule has 1 N–H and O–H groups in total. The van der Waals surface area contributed by atoms with Crippen LogP contribution in [0, 0.1) is 25.7 Å². The highest BCUT2D eigenvalue weighted by molar-refractivity contribution is 5.95. The topological polar surface area (TPSA) is 64.3 Å². The molecule has 28 heavy (non-hydrogen) atoms. The van der Waals surface area contributed by atoms with Crippen LogP contribution in [0.3, 0.4) is 0 Å². The number of hydrogen-bond acceptors (Lipinski definition) is 5. The Morgan fingerprint density at radius 3 is 2.61 bits per heavy atom. The molecule has 2 aromatic heterocycles. The quantitative estimate of drug-likeness (QED) is 0.847. The van der Waals surface area contributed by atoms with E-state index in [9.17, 15) is 9.90 Å². The van der Waals surface area contributed by atoms with Crippen LogP contribution in [0.4, 0.5) is 0 Å². The number of aliphatic hydroxyl groups excluding tert-OH is 1. The Hall–Kier alpha value is -1.96. The predicted molar refractivity (Wildman–Crippen MR) is 109 cm³/mol. The summed E-state index contributed by atoms with van der Waals surface area (Å²) in [6.07, 6.45) is 1.93. The molecule has 2 aromatic rings. The van der Waals surface area contributed by atoms with E-state index in [1.165, 1.54) is 0 Å². The van der Waals surface area contributed by atoms with Gasteiger partial charge < -0.3 is 19.8 Å². The molecular formula is C21H31N5O2. The van der Waals surface area contributed by atoms with Gasteiger partial charge in [-0.1, -0.05) is 0 Å². The number of aliphatic hydroxyl groups is 1. The van der Waals surface area contributed by atoms with Crippen molar-refractivity contribution >= 4 is 11.6 Å². The van der Waals surface area contributed by atoms with E-state index in [0.29, 0.717) is 24.7 Å². The van der Waals surface area contributed by atoms with E-state index in [1.54, 1.807) is 0 Å². The number of aryl methyl sites for hydroxylation is 2. The van der Waals surface area contributed by atoms with Crippen molar-refractivity contribution in [2.45, 2.75) is 13.8 Å². The lowest BCUT2D eigenvalue weighted by Gasteiger charge is -2.34. The van der Waals surface area contributed by atoms with Crippen molar-refractivity contribution in [3.8, 4) is 0 Å². The highest BCUT2D eigenvalue weighted by Crippen LogP contribution is 2.27. The largest absolute Gasteiger partial charge is 0.396 e. The lowest BCUT2D eigenvalue weighted by Crippen LogP contribution is -2.47. The van der Waals surface area contributed by atoms with Crippen molar-refractivity contribution in [2.75, 3.05) is 59.5 Å². The van der Waals surface area contributed by atoms with E-state index < -0.39 is 0 Å². The standard InChI is InChI=1S/C21H31N5O2/c1-15-4-5-26-19(10-15)22-16(2)20(26)21(28)25-12-17(18(13-25)14-27)11-24-8-6-23(3)7-9-24/h4-5,10,17-18,27H,6-9,11-14H2,1-3H3/t17-,18-/m1/s1. The fourth-order valence-electron chi connectivity index (χ4n) is 4.55. The number of hydrogen-bond donors (Lipinski definition) is 1. The van der Waals surface area contributed by atoms with Crippen LogP contribution in [0.5, 0.6) is 0 Å². The molecule has 7 nitrogen and oxygen atoms in total. The number of piperazine rings is 1. The Balaban J connectivity index is 1.50. The molecule has 0 radical (unpaired) electrons. The molecule has 1 amide bonds. The molecular weight excluding hydrogens is 354 g/mol. The first-order valence-corrected chi connectivity index (χ1v) is 10.2. The molecule has 7 heteroatoms. The van der Waals surface area contributed by atoms with Crippen LogP contribution < -0.4 is 0 Å². The molecule has 2 saturated heterocycles. The van der Waals surface area contributed by atoms with Gasteiger partial charge in [0.25, 0.3) is 5.91 Å². The average molecular weight is 386 g/mol. The molecule has 4 rings (SSSR count). The van der Waals surface area contributed by atoms with E-state index in [2.05, 4.69) is 21.8 Å². The van der Waals surface area contributed by atoms with Gasteiger partial charge in [0, 0.05) is 64.5 Å². The van der Waals surface area contributed by atoms with Gasteiger partial charge in [-0.3, -0.25) is 9.20 Å². The van der Waals surface area contributed by atoms with E-state index >= 15 is 0 Å². The van der Waals surface area contributed by atoms with Crippen LogP contribution in [0.1, 0.15) is 21.7 Å². The van der Waals surface area contributed by atoms with Gasteiger partial charge in [0.05, 0.1) is 5.69 Å². The van der Waals surface area contributed by atoms with Crippen LogP contribution in [-0.2, 0) is 0 Å². The van der Waals surface area contributed by atoms with Gasteiger partial charge >= 0.3 is 0 Å². The van der Waals surface area contributed by atoms with Crippen LogP contribution >= 0.6 is 0 Å². The lowest BCUT2D eigenvalue weighted by molar-refractivity contribution is 0.0769. The Morgan fingerprint density at radius 1 is 1.18 bits per heavy atom. The van der Waals surface area contributed by atoms with Crippen molar-refractivity contribution in [1.82, 2.24) is 24.1 Å². The summed E-state index contributed by atoms with van der Waals surface area (Å²) in [4.78, 5) is 24.6. The number of likely N-dealkylation sites (tertiary alicyclic amines) is 1. The molecule has 0 bridgehead atoms. The number of imidazole rings is 1. The molecule has 0 saturated carbocycles. The van der Waals surface area contributed by atoms with Gasteiger partial charge in [0.2, 0.25) is 0 Å². The zero-order valence-electron chi connectivity index (χ0n) is 17.1. The van der Waals surface area contributed by atoms with E-state index in [4.69, 9.17) is 0 Å². The number of pyridine rings is 1. The molecule has 2 aliphatic rings. The Labute approximate surface area is 166 Å². The molecule has 4 heterocycles. The highest BCUT2D eigenvalue weighted by atomic mass is 16.3. The van der Waals surface area contributed by atoms with Crippen LogP contribution in [0.25, 0.3) is 5.65 Å². The first-order valence-electron chi connectivity index (χ1n) is 10.2. The summed E-state index contributed by atoms with van der Waals surface area (Å²) in [5, 5.41) is 9.91. The number of rotatable bonds is 4. The minimum absolute atomic E-state index is 0.0215. The maximum atomic E-state index is 13.3. The Kier molecular flexibility index (Phi) is 5.40. The molecule has 0 spiro atoms. The third-order valence-corrected chi connectivity index (χ3v) is 6.35. The Bertz CT molecular complexity index is 856. The second-order valence-corrected chi connectivity index (χ2v) is 8.49. The van der Waals surface area contributed by atoms with Crippen molar-refractivity contribution in [3.05, 3.63) is 35.3 Å². The predicted octanol–water partition coefficient (Wildman–Crippen LogP) is 0.879. The highest BCUT2D eigenvalue weighted by Gasteiger charge is 2.37. The first-order chi connectivity index (χ1) is 13.5. The molecule has 2 atom stereocenters. The molecule has 0 aliphatic carbocycles. The minimum atomic E-state index is 0.0215. The summed E-state index contributed by atoms with van der Waals surface area (Å²) < 4.78 is 1.90. The first kappa shape index (κ1) is 19.4. The normalized spacial score (nSPS) is 24.4. The zero-order chi connectivity index (χ0) is 19.8. The summed E-state index contributed by atoms with van der Waals surface area (Å²) in [6.45, 7) is 10.6. The van der Waals surface area contributed by atoms with E-state index in [0.717, 1.165) is 49.6 Å².